The molecule has 0 aliphatic rings. The standard InChI is InChI=1S/C14H26N2OS/c1-6-8-15-12(14(4,5)17-7-2)9-13-16-11(3)10-18-13/h10,12,15H,6-9H2,1-5H3. The molecule has 0 aliphatic heterocycles. The van der Waals surface area contributed by atoms with Gasteiger partial charge in [-0.3, -0.25) is 0 Å². The van der Waals surface area contributed by atoms with E-state index >= 15 is 0 Å². The van der Waals surface area contributed by atoms with Gasteiger partial charge >= 0.3 is 0 Å². The zero-order chi connectivity index (χ0) is 13.6. The number of aryl methyl sites for hydroxylation is 1. The van der Waals surface area contributed by atoms with Crippen LogP contribution in [0.5, 0.6) is 0 Å². The maximum Gasteiger partial charge on any atom is 0.0944 e. The highest BCUT2D eigenvalue weighted by molar-refractivity contribution is 7.09. The van der Waals surface area contributed by atoms with Gasteiger partial charge in [0.05, 0.1) is 10.6 Å². The molecule has 1 heterocycles. The molecule has 0 amide bonds. The molecular weight excluding hydrogens is 244 g/mol. The summed E-state index contributed by atoms with van der Waals surface area (Å²) in [6, 6.07) is 0.308. The minimum atomic E-state index is -0.163. The van der Waals surface area contributed by atoms with Crippen molar-refractivity contribution in [2.45, 2.75) is 59.1 Å². The highest BCUT2D eigenvalue weighted by Gasteiger charge is 2.30. The first kappa shape index (κ1) is 15.6. The minimum Gasteiger partial charge on any atom is -0.374 e. The highest BCUT2D eigenvalue weighted by atomic mass is 32.1. The normalized spacial score (nSPS) is 13.8. The van der Waals surface area contributed by atoms with Crippen molar-refractivity contribution in [3.05, 3.63) is 16.1 Å². The molecule has 104 valence electrons. The second-order valence-corrected chi connectivity index (χ2v) is 6.07. The van der Waals surface area contributed by atoms with Gasteiger partial charge in [0, 0.05) is 30.1 Å². The van der Waals surface area contributed by atoms with E-state index in [-0.39, 0.29) is 5.60 Å². The molecule has 0 saturated carbocycles. The molecular formula is C14H26N2OS. The lowest BCUT2D eigenvalue weighted by atomic mass is 9.95. The molecule has 0 aliphatic carbocycles. The predicted molar refractivity (Wildman–Crippen MR) is 78.3 cm³/mol. The Morgan fingerprint density at radius 3 is 2.67 bits per heavy atom. The van der Waals surface area contributed by atoms with Crippen molar-refractivity contribution < 1.29 is 4.74 Å². The van der Waals surface area contributed by atoms with Crippen LogP contribution in [-0.2, 0) is 11.2 Å². The Bertz CT molecular complexity index is 349. The van der Waals surface area contributed by atoms with Gasteiger partial charge in [-0.05, 0) is 40.7 Å². The summed E-state index contributed by atoms with van der Waals surface area (Å²) in [5.41, 5.74) is 0.946. The summed E-state index contributed by atoms with van der Waals surface area (Å²) in [6.45, 7) is 12.4. The third-order valence-corrected chi connectivity index (χ3v) is 4.03. The number of rotatable bonds is 8. The lowest BCUT2D eigenvalue weighted by molar-refractivity contribution is -0.0380. The smallest absolute Gasteiger partial charge is 0.0944 e. The summed E-state index contributed by atoms with van der Waals surface area (Å²) in [5, 5.41) is 6.89. The molecule has 1 rings (SSSR count). The monoisotopic (exact) mass is 270 g/mol. The van der Waals surface area contributed by atoms with Crippen LogP contribution in [0.1, 0.15) is 44.8 Å². The van der Waals surface area contributed by atoms with Crippen molar-refractivity contribution in [1.82, 2.24) is 10.3 Å². The molecule has 1 N–H and O–H groups in total. The molecule has 0 bridgehead atoms. The molecule has 1 atom stereocenters. The van der Waals surface area contributed by atoms with Gasteiger partial charge in [0.25, 0.3) is 0 Å². The van der Waals surface area contributed by atoms with Crippen molar-refractivity contribution in [1.29, 1.82) is 0 Å². The Morgan fingerprint density at radius 1 is 1.44 bits per heavy atom. The highest BCUT2D eigenvalue weighted by Crippen LogP contribution is 2.21. The molecule has 0 fully saturated rings. The predicted octanol–water partition coefficient (Wildman–Crippen LogP) is 3.18. The lowest BCUT2D eigenvalue weighted by Crippen LogP contribution is -2.50. The number of thiazole rings is 1. The van der Waals surface area contributed by atoms with Crippen LogP contribution >= 0.6 is 11.3 Å². The van der Waals surface area contributed by atoms with Crippen LogP contribution in [0.3, 0.4) is 0 Å². The van der Waals surface area contributed by atoms with E-state index in [1.165, 1.54) is 5.01 Å². The topological polar surface area (TPSA) is 34.2 Å². The number of ether oxygens (including phenoxy) is 1. The number of hydrogen-bond acceptors (Lipinski definition) is 4. The van der Waals surface area contributed by atoms with E-state index in [2.05, 4.69) is 36.5 Å². The van der Waals surface area contributed by atoms with Gasteiger partial charge in [-0.1, -0.05) is 6.92 Å². The fraction of sp³-hybridized carbons (Fsp3) is 0.786. The van der Waals surface area contributed by atoms with Crippen LogP contribution in [0, 0.1) is 6.92 Å². The lowest BCUT2D eigenvalue weighted by Gasteiger charge is -2.34. The number of aromatic nitrogens is 1. The quantitative estimate of drug-likeness (QED) is 0.788. The zero-order valence-electron chi connectivity index (χ0n) is 12.2. The van der Waals surface area contributed by atoms with Gasteiger partial charge in [0.2, 0.25) is 0 Å². The van der Waals surface area contributed by atoms with E-state index in [4.69, 9.17) is 4.74 Å². The molecule has 0 spiro atoms. The Balaban J connectivity index is 2.71. The Labute approximate surface area is 115 Å². The maximum atomic E-state index is 5.88. The van der Waals surface area contributed by atoms with Crippen LogP contribution in [0.4, 0.5) is 0 Å². The van der Waals surface area contributed by atoms with Crippen molar-refractivity contribution >= 4 is 11.3 Å². The van der Waals surface area contributed by atoms with Gasteiger partial charge < -0.3 is 10.1 Å². The van der Waals surface area contributed by atoms with Crippen LogP contribution in [0.15, 0.2) is 5.38 Å². The molecule has 0 saturated heterocycles. The first-order valence-electron chi connectivity index (χ1n) is 6.78. The van der Waals surface area contributed by atoms with Gasteiger partial charge in [-0.25, -0.2) is 4.98 Å². The van der Waals surface area contributed by atoms with Gasteiger partial charge in [0.1, 0.15) is 0 Å². The van der Waals surface area contributed by atoms with Crippen LogP contribution in [0.25, 0.3) is 0 Å². The van der Waals surface area contributed by atoms with Crippen LogP contribution < -0.4 is 5.32 Å². The number of hydrogen-bond donors (Lipinski definition) is 1. The van der Waals surface area contributed by atoms with E-state index in [9.17, 15) is 0 Å². The summed E-state index contributed by atoms with van der Waals surface area (Å²) in [4.78, 5) is 4.56. The van der Waals surface area contributed by atoms with E-state index in [1.54, 1.807) is 11.3 Å². The summed E-state index contributed by atoms with van der Waals surface area (Å²) >= 11 is 1.74. The van der Waals surface area contributed by atoms with Crippen molar-refractivity contribution in [3.8, 4) is 0 Å². The van der Waals surface area contributed by atoms with Crippen LogP contribution in [0.2, 0.25) is 0 Å². The Hall–Kier alpha value is -0.450. The molecule has 4 heteroatoms. The Morgan fingerprint density at radius 2 is 2.17 bits per heavy atom. The molecule has 1 aromatic rings. The van der Waals surface area contributed by atoms with Crippen molar-refractivity contribution in [3.63, 3.8) is 0 Å². The average Bonchev–Trinajstić information content (AvgIpc) is 2.70. The third kappa shape index (κ3) is 4.67. The van der Waals surface area contributed by atoms with Gasteiger partial charge in [-0.15, -0.1) is 11.3 Å². The second-order valence-electron chi connectivity index (χ2n) is 5.13. The zero-order valence-corrected chi connectivity index (χ0v) is 13.1. The molecule has 0 radical (unpaired) electrons. The van der Waals surface area contributed by atoms with E-state index < -0.39 is 0 Å². The minimum absolute atomic E-state index is 0.163. The fourth-order valence-corrected chi connectivity index (χ4v) is 2.84. The van der Waals surface area contributed by atoms with E-state index in [1.807, 2.05) is 13.8 Å². The van der Waals surface area contributed by atoms with Crippen molar-refractivity contribution in [2.75, 3.05) is 13.2 Å². The summed E-state index contributed by atoms with van der Waals surface area (Å²) in [5.74, 6) is 0. The average molecular weight is 270 g/mol. The molecule has 1 aromatic heterocycles. The van der Waals surface area contributed by atoms with E-state index in [0.717, 1.165) is 31.7 Å². The number of nitrogens with zero attached hydrogens (tertiary/aromatic N) is 1. The first-order valence-corrected chi connectivity index (χ1v) is 7.66. The largest absolute Gasteiger partial charge is 0.374 e. The Kier molecular flexibility index (Phi) is 6.26. The van der Waals surface area contributed by atoms with Gasteiger partial charge in [0.15, 0.2) is 0 Å². The third-order valence-electron chi connectivity index (χ3n) is 3.04. The fourth-order valence-electron chi connectivity index (χ4n) is 2.03. The summed E-state index contributed by atoms with van der Waals surface area (Å²) in [6.07, 6.45) is 2.07. The first-order chi connectivity index (χ1) is 8.49. The molecule has 3 nitrogen and oxygen atoms in total. The second kappa shape index (κ2) is 7.22. The van der Waals surface area contributed by atoms with E-state index in [0.29, 0.717) is 6.04 Å². The summed E-state index contributed by atoms with van der Waals surface area (Å²) < 4.78 is 5.88. The number of nitrogens with one attached hydrogen (secondary N) is 1. The molecule has 1 unspecified atom stereocenters. The van der Waals surface area contributed by atoms with Crippen LogP contribution in [-0.4, -0.2) is 29.8 Å². The van der Waals surface area contributed by atoms with Gasteiger partial charge in [-0.2, -0.15) is 0 Å². The van der Waals surface area contributed by atoms with Crippen molar-refractivity contribution in [2.24, 2.45) is 0 Å². The SMILES string of the molecule is CCCNC(Cc1nc(C)cs1)C(C)(C)OCC. The molecule has 18 heavy (non-hydrogen) atoms. The maximum absolute atomic E-state index is 5.88. The molecule has 0 aromatic carbocycles. The summed E-state index contributed by atoms with van der Waals surface area (Å²) in [7, 11) is 0.